The average Bonchev–Trinajstić information content (AvgIpc) is 2.56. The number of rotatable bonds is 2. The van der Waals surface area contributed by atoms with Crippen molar-refractivity contribution in [2.45, 2.75) is 13.5 Å². The van der Waals surface area contributed by atoms with E-state index in [0.29, 0.717) is 21.4 Å². The van der Waals surface area contributed by atoms with Gasteiger partial charge in [-0.3, -0.25) is 0 Å². The first kappa shape index (κ1) is 16.6. The van der Waals surface area contributed by atoms with Gasteiger partial charge in [0.05, 0.1) is 28.9 Å². The van der Waals surface area contributed by atoms with Crippen molar-refractivity contribution in [1.82, 2.24) is 5.01 Å². The predicted octanol–water partition coefficient (Wildman–Crippen LogP) is 4.30. The Balaban J connectivity index is 2.12. The fourth-order valence-corrected chi connectivity index (χ4v) is 2.82. The normalized spacial score (nSPS) is 13.3. The number of ether oxygens (including phenoxy) is 1. The Morgan fingerprint density at radius 2 is 1.92 bits per heavy atom. The molecule has 0 aromatic heterocycles. The number of halogens is 2. The average molecular weight is 364 g/mol. The van der Waals surface area contributed by atoms with Crippen LogP contribution in [-0.4, -0.2) is 23.4 Å². The van der Waals surface area contributed by atoms with Crippen molar-refractivity contribution in [3.8, 4) is 0 Å². The van der Waals surface area contributed by atoms with Gasteiger partial charge in [0, 0.05) is 16.8 Å². The maximum absolute atomic E-state index is 12.1. The molecule has 3 rings (SSSR count). The molecule has 0 saturated carbocycles. The Morgan fingerprint density at radius 3 is 2.58 bits per heavy atom. The molecule has 2 aromatic carbocycles. The van der Waals surface area contributed by atoms with Gasteiger partial charge in [0.25, 0.3) is 0 Å². The minimum Gasteiger partial charge on any atom is -0.448 e. The zero-order chi connectivity index (χ0) is 17.3. The third kappa shape index (κ3) is 3.18. The summed E-state index contributed by atoms with van der Waals surface area (Å²) in [4.78, 5) is 12.1. The molecule has 0 saturated heterocycles. The fourth-order valence-electron chi connectivity index (χ4n) is 2.47. The van der Waals surface area contributed by atoms with E-state index in [1.54, 1.807) is 31.2 Å². The number of benzene rings is 2. The van der Waals surface area contributed by atoms with Gasteiger partial charge in [-0.25, -0.2) is 4.79 Å². The van der Waals surface area contributed by atoms with Crippen LogP contribution in [-0.2, 0) is 11.3 Å². The largest absolute Gasteiger partial charge is 0.448 e. The Bertz CT molecular complexity index is 819. The number of hydrazone groups is 1. The summed E-state index contributed by atoms with van der Waals surface area (Å²) in [7, 11) is 0. The number of hydrogen-bond acceptors (Lipinski definition) is 4. The van der Waals surface area contributed by atoms with Crippen molar-refractivity contribution >= 4 is 40.7 Å². The first-order valence-electron chi connectivity index (χ1n) is 7.36. The molecule has 5 nitrogen and oxygen atoms in total. The molecule has 0 bridgehead atoms. The third-order valence-corrected chi connectivity index (χ3v) is 4.33. The predicted molar refractivity (Wildman–Crippen MR) is 95.5 cm³/mol. The molecule has 0 unspecified atom stereocenters. The second-order valence-electron chi connectivity index (χ2n) is 5.25. The zero-order valence-electron chi connectivity index (χ0n) is 12.9. The first-order valence-corrected chi connectivity index (χ1v) is 8.12. The highest BCUT2D eigenvalue weighted by molar-refractivity contribution is 6.42. The van der Waals surface area contributed by atoms with E-state index >= 15 is 0 Å². The molecule has 1 amide bonds. The number of hydrogen-bond donors (Lipinski definition) is 1. The summed E-state index contributed by atoms with van der Waals surface area (Å²) in [5, 5.41) is 6.59. The minimum absolute atomic E-state index is 0.267. The summed E-state index contributed by atoms with van der Waals surface area (Å²) in [6.07, 6.45) is -0.512. The van der Waals surface area contributed by atoms with Crippen molar-refractivity contribution in [3.05, 3.63) is 63.1 Å². The van der Waals surface area contributed by atoms with E-state index in [0.717, 1.165) is 16.7 Å². The van der Waals surface area contributed by atoms with Crippen LogP contribution in [0.2, 0.25) is 10.0 Å². The lowest BCUT2D eigenvalue weighted by Gasteiger charge is -2.26. The number of nitrogens with two attached hydrogens (primary N) is 1. The molecule has 0 aliphatic carbocycles. The van der Waals surface area contributed by atoms with E-state index in [1.807, 2.05) is 12.1 Å². The summed E-state index contributed by atoms with van der Waals surface area (Å²) in [6, 6.07) is 10.7. The highest BCUT2D eigenvalue weighted by Crippen LogP contribution is 2.31. The quantitative estimate of drug-likeness (QED) is 0.808. The molecular formula is C17H15Cl2N3O2. The van der Waals surface area contributed by atoms with E-state index in [9.17, 15) is 4.79 Å². The van der Waals surface area contributed by atoms with Crippen molar-refractivity contribution < 1.29 is 9.53 Å². The monoisotopic (exact) mass is 363 g/mol. The van der Waals surface area contributed by atoms with Crippen LogP contribution in [0.15, 0.2) is 41.5 Å². The standard InChI is InChI=1S/C17H15Cl2N3O2/c1-2-24-17(23)22-9-11-7-14(18)15(19)8-13(11)16(21-22)10-3-5-12(20)6-4-10/h3-8H,2,9,20H2,1H3. The lowest BCUT2D eigenvalue weighted by molar-refractivity contribution is 0.105. The lowest BCUT2D eigenvalue weighted by atomic mass is 9.96. The zero-order valence-corrected chi connectivity index (χ0v) is 14.4. The Labute approximate surface area is 149 Å². The third-order valence-electron chi connectivity index (χ3n) is 3.60. The van der Waals surface area contributed by atoms with Crippen LogP contribution in [0.25, 0.3) is 0 Å². The van der Waals surface area contributed by atoms with Crippen molar-refractivity contribution in [1.29, 1.82) is 0 Å². The van der Waals surface area contributed by atoms with Crippen molar-refractivity contribution in [2.75, 3.05) is 12.3 Å². The number of carbonyl (C=O) groups is 1. The van der Waals surface area contributed by atoms with Crippen LogP contribution in [0.3, 0.4) is 0 Å². The SMILES string of the molecule is CCOC(=O)N1Cc2cc(Cl)c(Cl)cc2C(c2ccc(N)cc2)=N1. The summed E-state index contributed by atoms with van der Waals surface area (Å²) in [5.41, 5.74) is 9.50. The number of anilines is 1. The van der Waals surface area contributed by atoms with Gasteiger partial charge in [0.15, 0.2) is 0 Å². The molecule has 0 fully saturated rings. The van der Waals surface area contributed by atoms with Gasteiger partial charge in [0.1, 0.15) is 0 Å². The van der Waals surface area contributed by atoms with Gasteiger partial charge in [0.2, 0.25) is 0 Å². The molecule has 7 heteroatoms. The molecule has 1 aliphatic heterocycles. The van der Waals surface area contributed by atoms with Crippen LogP contribution in [0, 0.1) is 0 Å². The van der Waals surface area contributed by atoms with Crippen LogP contribution in [0.5, 0.6) is 0 Å². The summed E-state index contributed by atoms with van der Waals surface area (Å²) < 4.78 is 5.05. The molecule has 1 aliphatic rings. The molecule has 0 radical (unpaired) electrons. The number of carbonyl (C=O) groups excluding carboxylic acids is 1. The topological polar surface area (TPSA) is 67.9 Å². The maximum Gasteiger partial charge on any atom is 0.430 e. The maximum atomic E-state index is 12.1. The van der Waals surface area contributed by atoms with Gasteiger partial charge >= 0.3 is 6.09 Å². The second-order valence-corrected chi connectivity index (χ2v) is 6.07. The fraction of sp³-hybridized carbons (Fsp3) is 0.176. The van der Waals surface area contributed by atoms with Crippen LogP contribution in [0.1, 0.15) is 23.6 Å². The molecule has 2 aromatic rings. The molecule has 2 N–H and O–H groups in total. The lowest BCUT2D eigenvalue weighted by Crippen LogP contribution is -2.32. The molecule has 24 heavy (non-hydrogen) atoms. The Morgan fingerprint density at radius 1 is 1.25 bits per heavy atom. The number of amides is 1. The van der Waals surface area contributed by atoms with E-state index in [-0.39, 0.29) is 13.2 Å². The van der Waals surface area contributed by atoms with Gasteiger partial charge in [-0.05, 0) is 36.8 Å². The molecule has 0 spiro atoms. The summed E-state index contributed by atoms with van der Waals surface area (Å²) in [5.74, 6) is 0. The molecule has 124 valence electrons. The minimum atomic E-state index is -0.512. The van der Waals surface area contributed by atoms with E-state index in [1.165, 1.54) is 5.01 Å². The van der Waals surface area contributed by atoms with E-state index < -0.39 is 6.09 Å². The van der Waals surface area contributed by atoms with Gasteiger partial charge < -0.3 is 10.5 Å². The Kier molecular flexibility index (Phi) is 4.64. The van der Waals surface area contributed by atoms with Gasteiger partial charge in [-0.15, -0.1) is 0 Å². The van der Waals surface area contributed by atoms with E-state index in [2.05, 4.69) is 5.10 Å². The molecule has 0 atom stereocenters. The van der Waals surface area contributed by atoms with E-state index in [4.69, 9.17) is 33.7 Å². The van der Waals surface area contributed by atoms with Gasteiger partial charge in [-0.1, -0.05) is 35.3 Å². The highest BCUT2D eigenvalue weighted by atomic mass is 35.5. The summed E-state index contributed by atoms with van der Waals surface area (Å²) >= 11 is 12.3. The van der Waals surface area contributed by atoms with Crippen molar-refractivity contribution in [2.24, 2.45) is 5.10 Å². The second kappa shape index (κ2) is 6.71. The van der Waals surface area contributed by atoms with Crippen LogP contribution >= 0.6 is 23.2 Å². The Hall–Kier alpha value is -2.24. The van der Waals surface area contributed by atoms with Gasteiger partial charge in [-0.2, -0.15) is 10.1 Å². The first-order chi connectivity index (χ1) is 11.5. The summed E-state index contributed by atoms with van der Waals surface area (Å²) in [6.45, 7) is 2.29. The number of fused-ring (bicyclic) bond motifs is 1. The number of nitrogens with zero attached hydrogens (tertiary/aromatic N) is 2. The smallest absolute Gasteiger partial charge is 0.430 e. The highest BCUT2D eigenvalue weighted by Gasteiger charge is 2.26. The van der Waals surface area contributed by atoms with Crippen LogP contribution in [0.4, 0.5) is 10.5 Å². The van der Waals surface area contributed by atoms with Crippen molar-refractivity contribution in [3.63, 3.8) is 0 Å². The molecular weight excluding hydrogens is 349 g/mol. The number of nitrogen functional groups attached to an aromatic ring is 1. The van der Waals surface area contributed by atoms with Crippen LogP contribution < -0.4 is 5.73 Å². The molecule has 1 heterocycles.